The van der Waals surface area contributed by atoms with E-state index in [-0.39, 0.29) is 23.6 Å². The highest BCUT2D eigenvalue weighted by Crippen LogP contribution is 2.40. The van der Waals surface area contributed by atoms with Crippen LogP contribution in [0.5, 0.6) is 0 Å². The van der Waals surface area contributed by atoms with Gasteiger partial charge in [0, 0.05) is 35.6 Å². The van der Waals surface area contributed by atoms with Gasteiger partial charge in [-0.05, 0) is 31.6 Å². The van der Waals surface area contributed by atoms with Gasteiger partial charge in [0.15, 0.2) is 5.78 Å². The minimum absolute atomic E-state index is 0.00554. The van der Waals surface area contributed by atoms with Crippen molar-refractivity contribution >= 4 is 28.7 Å². The number of benzene rings is 1. The van der Waals surface area contributed by atoms with Crippen molar-refractivity contribution in [1.29, 1.82) is 0 Å². The van der Waals surface area contributed by atoms with Crippen molar-refractivity contribution in [2.24, 2.45) is 18.9 Å². The molecule has 4 nitrogen and oxygen atoms in total. The van der Waals surface area contributed by atoms with E-state index in [9.17, 15) is 9.59 Å². The van der Waals surface area contributed by atoms with Crippen molar-refractivity contribution in [3.8, 4) is 0 Å². The molecule has 1 aliphatic rings. The molecule has 1 fully saturated rings. The van der Waals surface area contributed by atoms with E-state index in [1.807, 2.05) is 48.2 Å². The molecule has 0 bridgehead atoms. The monoisotopic (exact) mass is 297 g/mol. The molecule has 0 saturated heterocycles. The van der Waals surface area contributed by atoms with E-state index in [1.54, 1.807) is 13.0 Å². The van der Waals surface area contributed by atoms with Gasteiger partial charge in [-0.1, -0.05) is 18.2 Å². The van der Waals surface area contributed by atoms with Crippen LogP contribution in [-0.4, -0.2) is 22.9 Å². The van der Waals surface area contributed by atoms with E-state index in [4.69, 9.17) is 4.74 Å². The average Bonchev–Trinajstić information content (AvgIpc) is 3.26. The smallest absolute Gasteiger partial charge is 0.309 e. The van der Waals surface area contributed by atoms with Crippen LogP contribution in [0, 0.1) is 11.8 Å². The van der Waals surface area contributed by atoms with Crippen molar-refractivity contribution in [2.75, 3.05) is 6.61 Å². The molecule has 3 rings (SSSR count). The largest absolute Gasteiger partial charge is 0.466 e. The van der Waals surface area contributed by atoms with Gasteiger partial charge in [-0.15, -0.1) is 0 Å². The lowest BCUT2D eigenvalue weighted by atomic mass is 10.1. The number of carbonyl (C=O) groups excluding carboxylic acids is 2. The number of fused-ring (bicyclic) bond motifs is 1. The van der Waals surface area contributed by atoms with Crippen LogP contribution in [0.2, 0.25) is 0 Å². The lowest BCUT2D eigenvalue weighted by Gasteiger charge is -1.98. The van der Waals surface area contributed by atoms with Crippen molar-refractivity contribution in [1.82, 2.24) is 4.57 Å². The molecule has 22 heavy (non-hydrogen) atoms. The first-order valence-electron chi connectivity index (χ1n) is 7.54. The van der Waals surface area contributed by atoms with E-state index < -0.39 is 0 Å². The van der Waals surface area contributed by atoms with Gasteiger partial charge >= 0.3 is 5.97 Å². The number of nitrogens with zero attached hydrogens (tertiary/aromatic N) is 1. The fourth-order valence-electron chi connectivity index (χ4n) is 2.82. The average molecular weight is 297 g/mol. The fraction of sp³-hybridized carbons (Fsp3) is 0.333. The van der Waals surface area contributed by atoms with Crippen molar-refractivity contribution in [3.05, 3.63) is 42.1 Å². The van der Waals surface area contributed by atoms with Gasteiger partial charge in [-0.2, -0.15) is 0 Å². The molecule has 1 aromatic carbocycles. The van der Waals surface area contributed by atoms with E-state index in [1.165, 1.54) is 0 Å². The summed E-state index contributed by atoms with van der Waals surface area (Å²) in [6, 6.07) is 8.07. The third-order valence-corrected chi connectivity index (χ3v) is 4.10. The second-order valence-corrected chi connectivity index (χ2v) is 5.65. The number of esters is 1. The zero-order valence-corrected chi connectivity index (χ0v) is 12.8. The zero-order chi connectivity index (χ0) is 15.7. The van der Waals surface area contributed by atoms with Crippen LogP contribution >= 0.6 is 0 Å². The topological polar surface area (TPSA) is 48.3 Å². The highest BCUT2D eigenvalue weighted by Gasteiger charge is 2.47. The number of ether oxygens (including phenoxy) is 1. The minimum Gasteiger partial charge on any atom is -0.466 e. The van der Waals surface area contributed by atoms with Crippen molar-refractivity contribution in [3.63, 3.8) is 0 Å². The Balaban J connectivity index is 1.72. The highest BCUT2D eigenvalue weighted by molar-refractivity contribution is 6.02. The normalized spacial score (nSPS) is 20.5. The third-order valence-electron chi connectivity index (χ3n) is 4.10. The van der Waals surface area contributed by atoms with Crippen LogP contribution in [-0.2, 0) is 21.4 Å². The Morgan fingerprint density at radius 1 is 1.32 bits per heavy atom. The first-order chi connectivity index (χ1) is 10.6. The minimum atomic E-state index is -0.251. The van der Waals surface area contributed by atoms with Crippen molar-refractivity contribution in [2.45, 2.75) is 13.3 Å². The molecule has 114 valence electrons. The second kappa shape index (κ2) is 5.79. The lowest BCUT2D eigenvalue weighted by molar-refractivity contribution is -0.145. The maximum absolute atomic E-state index is 12.1. The van der Waals surface area contributed by atoms with Gasteiger partial charge in [-0.3, -0.25) is 9.59 Å². The zero-order valence-electron chi connectivity index (χ0n) is 12.8. The van der Waals surface area contributed by atoms with Crippen LogP contribution in [0.1, 0.15) is 18.9 Å². The van der Waals surface area contributed by atoms with Gasteiger partial charge in [0.05, 0.1) is 12.5 Å². The van der Waals surface area contributed by atoms with Crippen LogP contribution in [0.3, 0.4) is 0 Å². The van der Waals surface area contributed by atoms with Gasteiger partial charge in [0.1, 0.15) is 0 Å². The molecule has 0 spiro atoms. The predicted octanol–water partition coefficient (Wildman–Crippen LogP) is 2.96. The number of carbonyl (C=O) groups is 2. The molecular formula is C18H19NO3. The predicted molar refractivity (Wildman–Crippen MR) is 85.2 cm³/mol. The number of ketones is 1. The molecular weight excluding hydrogens is 278 g/mol. The quantitative estimate of drug-likeness (QED) is 0.629. The summed E-state index contributed by atoms with van der Waals surface area (Å²) < 4.78 is 6.99. The van der Waals surface area contributed by atoms with Crippen molar-refractivity contribution < 1.29 is 14.3 Å². The molecule has 0 aliphatic heterocycles. The number of aromatic nitrogens is 1. The Morgan fingerprint density at radius 2 is 2.09 bits per heavy atom. The summed E-state index contributed by atoms with van der Waals surface area (Å²) in [7, 11) is 1.99. The van der Waals surface area contributed by atoms with Crippen LogP contribution < -0.4 is 0 Å². The van der Waals surface area contributed by atoms with Crippen LogP contribution in [0.4, 0.5) is 0 Å². The standard InChI is InChI=1S/C18H19NO3/c1-3-22-18(21)15-10-14(15)17(20)9-8-12-11-19(2)16-7-5-4-6-13(12)16/h4-9,11,14-15H,3,10H2,1-2H3/b9-8+/t14-,15-/m0/s1. The van der Waals surface area contributed by atoms with E-state index in [2.05, 4.69) is 0 Å². The number of hydrogen-bond acceptors (Lipinski definition) is 3. The third kappa shape index (κ3) is 2.69. The van der Waals surface area contributed by atoms with Gasteiger partial charge in [-0.25, -0.2) is 0 Å². The highest BCUT2D eigenvalue weighted by atomic mass is 16.5. The summed E-state index contributed by atoms with van der Waals surface area (Å²) in [5, 5.41) is 1.12. The molecule has 1 saturated carbocycles. The van der Waals surface area contributed by atoms with Crippen LogP contribution in [0.25, 0.3) is 17.0 Å². The van der Waals surface area contributed by atoms with Gasteiger partial charge in [0.2, 0.25) is 0 Å². The summed E-state index contributed by atoms with van der Waals surface area (Å²) in [5.41, 5.74) is 2.14. The summed E-state index contributed by atoms with van der Waals surface area (Å²) in [6.07, 6.45) is 6.04. The number of allylic oxidation sites excluding steroid dienone is 1. The Labute approximate surface area is 129 Å². The van der Waals surface area contributed by atoms with E-state index in [0.717, 1.165) is 16.5 Å². The first kappa shape index (κ1) is 14.6. The summed E-state index contributed by atoms with van der Waals surface area (Å²) >= 11 is 0. The molecule has 0 amide bonds. The number of rotatable bonds is 5. The van der Waals surface area contributed by atoms with E-state index in [0.29, 0.717) is 13.0 Å². The van der Waals surface area contributed by atoms with Gasteiger partial charge in [0.25, 0.3) is 0 Å². The Hall–Kier alpha value is -2.36. The number of para-hydroxylation sites is 1. The molecule has 0 unspecified atom stereocenters. The molecule has 2 atom stereocenters. The SMILES string of the molecule is CCOC(=O)[C@H]1C[C@@H]1C(=O)/C=C/c1cn(C)c2ccccc12. The summed E-state index contributed by atoms with van der Waals surface area (Å²) in [4.78, 5) is 23.7. The molecule has 0 N–H and O–H groups in total. The Kier molecular flexibility index (Phi) is 3.84. The van der Waals surface area contributed by atoms with E-state index >= 15 is 0 Å². The number of aryl methyl sites for hydroxylation is 1. The summed E-state index contributed by atoms with van der Waals surface area (Å²) in [5.74, 6) is -0.694. The summed E-state index contributed by atoms with van der Waals surface area (Å²) in [6.45, 7) is 2.14. The Morgan fingerprint density at radius 3 is 2.86 bits per heavy atom. The first-order valence-corrected chi connectivity index (χ1v) is 7.54. The lowest BCUT2D eigenvalue weighted by Crippen LogP contribution is -2.10. The maximum Gasteiger partial charge on any atom is 0.309 e. The van der Waals surface area contributed by atoms with Gasteiger partial charge < -0.3 is 9.30 Å². The molecule has 1 aliphatic carbocycles. The Bertz CT molecular complexity index is 757. The second-order valence-electron chi connectivity index (χ2n) is 5.65. The molecule has 2 aromatic rings. The van der Waals surface area contributed by atoms with Crippen LogP contribution in [0.15, 0.2) is 36.5 Å². The molecule has 1 heterocycles. The molecule has 0 radical (unpaired) electrons. The molecule has 4 heteroatoms. The maximum atomic E-state index is 12.1. The fourth-order valence-corrected chi connectivity index (χ4v) is 2.82. The number of hydrogen-bond donors (Lipinski definition) is 0. The molecule has 1 aromatic heterocycles.